The molecule has 1 aromatic heterocycles. The Bertz CT molecular complexity index is 597. The molecule has 1 aliphatic rings. The molecule has 0 bridgehead atoms. The van der Waals surface area contributed by atoms with Crippen LogP contribution in [0.5, 0.6) is 0 Å². The summed E-state index contributed by atoms with van der Waals surface area (Å²) in [5, 5.41) is 4.30. The predicted octanol–water partition coefficient (Wildman–Crippen LogP) is 3.00. The summed E-state index contributed by atoms with van der Waals surface area (Å²) in [6.07, 6.45) is 3.95. The highest BCUT2D eigenvalue weighted by atomic mass is 35.5. The van der Waals surface area contributed by atoms with Crippen molar-refractivity contribution in [1.82, 2.24) is 14.7 Å². The molecule has 0 spiro atoms. The van der Waals surface area contributed by atoms with Gasteiger partial charge in [0, 0.05) is 38.9 Å². The smallest absolute Gasteiger partial charge is 0.146 e. The first-order chi connectivity index (χ1) is 10.2. The van der Waals surface area contributed by atoms with Crippen molar-refractivity contribution in [3.63, 3.8) is 0 Å². The number of anilines is 1. The zero-order chi connectivity index (χ0) is 14.7. The van der Waals surface area contributed by atoms with E-state index in [0.717, 1.165) is 45.0 Å². The van der Waals surface area contributed by atoms with E-state index in [-0.39, 0.29) is 30.6 Å². The van der Waals surface area contributed by atoms with Crippen LogP contribution in [0.25, 0.3) is 0 Å². The molecule has 2 aromatic rings. The predicted molar refractivity (Wildman–Crippen MR) is 96.5 cm³/mol. The second-order valence-corrected chi connectivity index (χ2v) is 5.56. The average Bonchev–Trinajstić information content (AvgIpc) is 2.92. The molecule has 128 valence electrons. The van der Waals surface area contributed by atoms with Crippen molar-refractivity contribution in [2.75, 3.05) is 37.6 Å². The number of aromatic nitrogens is 2. The molecule has 0 aliphatic carbocycles. The molecule has 0 radical (unpaired) electrons. The summed E-state index contributed by atoms with van der Waals surface area (Å²) in [4.78, 5) is 4.54. The van der Waals surface area contributed by atoms with Crippen LogP contribution in [0.15, 0.2) is 36.7 Å². The van der Waals surface area contributed by atoms with Crippen LogP contribution in [-0.2, 0) is 6.54 Å². The van der Waals surface area contributed by atoms with E-state index in [1.807, 2.05) is 23.0 Å². The van der Waals surface area contributed by atoms with Gasteiger partial charge in [0.25, 0.3) is 0 Å². The zero-order valence-corrected chi connectivity index (χ0v) is 14.8. The molecule has 1 saturated heterocycles. The Morgan fingerprint density at radius 1 is 1.04 bits per heavy atom. The summed E-state index contributed by atoms with van der Waals surface area (Å²) in [6.45, 7) is 7.64. The number of nitrogens with zero attached hydrogens (tertiary/aromatic N) is 4. The summed E-state index contributed by atoms with van der Waals surface area (Å²) in [6, 6.07) is 7.02. The Kier molecular flexibility index (Phi) is 7.82. The molecule has 0 saturated carbocycles. The van der Waals surface area contributed by atoms with Crippen molar-refractivity contribution in [2.24, 2.45) is 0 Å². The summed E-state index contributed by atoms with van der Waals surface area (Å²) >= 11 is 0. The third-order valence-corrected chi connectivity index (χ3v) is 3.97. The van der Waals surface area contributed by atoms with E-state index in [9.17, 15) is 4.39 Å². The fraction of sp³-hybridized carbons (Fsp3) is 0.438. The van der Waals surface area contributed by atoms with Crippen molar-refractivity contribution < 1.29 is 4.39 Å². The molecule has 0 atom stereocenters. The lowest BCUT2D eigenvalue weighted by atomic mass is 10.2. The van der Waals surface area contributed by atoms with Gasteiger partial charge in [0.15, 0.2) is 0 Å². The van der Waals surface area contributed by atoms with E-state index < -0.39 is 0 Å². The molecule has 1 aliphatic heterocycles. The van der Waals surface area contributed by atoms with Crippen LogP contribution in [0, 0.1) is 12.7 Å². The molecule has 3 rings (SSSR count). The highest BCUT2D eigenvalue weighted by molar-refractivity contribution is 5.85. The van der Waals surface area contributed by atoms with Crippen molar-refractivity contribution >= 4 is 30.5 Å². The van der Waals surface area contributed by atoms with Gasteiger partial charge in [-0.25, -0.2) is 4.39 Å². The highest BCUT2D eigenvalue weighted by Crippen LogP contribution is 2.19. The van der Waals surface area contributed by atoms with Gasteiger partial charge in [-0.15, -0.1) is 24.8 Å². The minimum atomic E-state index is -0.127. The largest absolute Gasteiger partial charge is 0.367 e. The number of para-hydroxylation sites is 1. The maximum absolute atomic E-state index is 13.8. The van der Waals surface area contributed by atoms with Crippen molar-refractivity contribution in [2.45, 2.75) is 13.5 Å². The lowest BCUT2D eigenvalue weighted by molar-refractivity contribution is 0.244. The fourth-order valence-corrected chi connectivity index (χ4v) is 2.75. The Balaban J connectivity index is 0.00000132. The van der Waals surface area contributed by atoms with Gasteiger partial charge in [0.2, 0.25) is 0 Å². The monoisotopic (exact) mass is 360 g/mol. The molecule has 4 nitrogen and oxygen atoms in total. The average molecular weight is 361 g/mol. The van der Waals surface area contributed by atoms with Crippen molar-refractivity contribution in [1.29, 1.82) is 0 Å². The Morgan fingerprint density at radius 3 is 2.35 bits per heavy atom. The van der Waals surface area contributed by atoms with Crippen LogP contribution >= 0.6 is 24.8 Å². The van der Waals surface area contributed by atoms with E-state index in [4.69, 9.17) is 0 Å². The van der Waals surface area contributed by atoms with Gasteiger partial charge in [-0.2, -0.15) is 5.10 Å². The van der Waals surface area contributed by atoms with Crippen molar-refractivity contribution in [3.8, 4) is 0 Å². The number of hydrogen-bond acceptors (Lipinski definition) is 3. The molecule has 1 fully saturated rings. The molecular formula is C16H23Cl2FN4. The van der Waals surface area contributed by atoms with Gasteiger partial charge in [0.1, 0.15) is 5.82 Å². The Morgan fingerprint density at radius 2 is 1.74 bits per heavy atom. The molecule has 0 N–H and O–H groups in total. The van der Waals surface area contributed by atoms with Crippen LogP contribution in [-0.4, -0.2) is 47.4 Å². The van der Waals surface area contributed by atoms with E-state index in [1.165, 1.54) is 11.6 Å². The number of halogens is 3. The van der Waals surface area contributed by atoms with E-state index in [0.29, 0.717) is 0 Å². The van der Waals surface area contributed by atoms with Gasteiger partial charge in [-0.1, -0.05) is 12.1 Å². The summed E-state index contributed by atoms with van der Waals surface area (Å²) in [5.74, 6) is -0.127. The first kappa shape index (κ1) is 19.7. The van der Waals surface area contributed by atoms with Crippen LogP contribution in [0.1, 0.15) is 5.56 Å². The first-order valence-corrected chi connectivity index (χ1v) is 7.43. The van der Waals surface area contributed by atoms with E-state index >= 15 is 0 Å². The first-order valence-electron chi connectivity index (χ1n) is 7.43. The molecule has 0 amide bonds. The highest BCUT2D eigenvalue weighted by Gasteiger charge is 2.18. The molecule has 1 aromatic carbocycles. The van der Waals surface area contributed by atoms with Gasteiger partial charge in [-0.05, 0) is 24.6 Å². The zero-order valence-electron chi connectivity index (χ0n) is 13.2. The molecule has 0 unspecified atom stereocenters. The maximum atomic E-state index is 13.8. The summed E-state index contributed by atoms with van der Waals surface area (Å²) in [5.41, 5.74) is 1.92. The number of piperazine rings is 1. The van der Waals surface area contributed by atoms with E-state index in [2.05, 4.69) is 28.0 Å². The van der Waals surface area contributed by atoms with Gasteiger partial charge in [0.05, 0.1) is 18.4 Å². The summed E-state index contributed by atoms with van der Waals surface area (Å²) in [7, 11) is 0. The number of hydrogen-bond donors (Lipinski definition) is 0. The van der Waals surface area contributed by atoms with Crippen LogP contribution in [0.2, 0.25) is 0 Å². The second-order valence-electron chi connectivity index (χ2n) is 5.56. The maximum Gasteiger partial charge on any atom is 0.146 e. The topological polar surface area (TPSA) is 24.3 Å². The van der Waals surface area contributed by atoms with Crippen LogP contribution in [0.4, 0.5) is 10.1 Å². The molecule has 7 heteroatoms. The Labute approximate surface area is 149 Å². The normalized spacial score (nSPS) is 15.0. The van der Waals surface area contributed by atoms with Gasteiger partial charge >= 0.3 is 0 Å². The molecule has 2 heterocycles. The van der Waals surface area contributed by atoms with Crippen molar-refractivity contribution in [3.05, 3.63) is 48.0 Å². The number of rotatable bonds is 4. The van der Waals surface area contributed by atoms with Crippen LogP contribution < -0.4 is 4.90 Å². The lowest BCUT2D eigenvalue weighted by Crippen LogP contribution is -2.47. The SMILES string of the molecule is Cc1cnn(CCN2CCN(c3ccccc3F)CC2)c1.Cl.Cl. The lowest BCUT2D eigenvalue weighted by Gasteiger charge is -2.36. The quantitative estimate of drug-likeness (QED) is 0.837. The number of aryl methyl sites for hydroxylation is 1. The van der Waals surface area contributed by atoms with Crippen LogP contribution in [0.3, 0.4) is 0 Å². The van der Waals surface area contributed by atoms with E-state index in [1.54, 1.807) is 6.07 Å². The Hall–Kier alpha value is -1.30. The third kappa shape index (κ3) is 5.09. The minimum Gasteiger partial charge on any atom is -0.367 e. The van der Waals surface area contributed by atoms with Gasteiger partial charge < -0.3 is 4.90 Å². The summed E-state index contributed by atoms with van der Waals surface area (Å²) < 4.78 is 15.8. The standard InChI is InChI=1S/C16H21FN4.2ClH/c1-14-12-18-21(13-14)11-8-19-6-9-20(10-7-19)16-5-3-2-4-15(16)17;;/h2-5,12-13H,6-11H2,1H3;2*1H. The minimum absolute atomic E-state index is 0. The fourth-order valence-electron chi connectivity index (χ4n) is 2.75. The third-order valence-electron chi connectivity index (χ3n) is 3.97. The van der Waals surface area contributed by atoms with Gasteiger partial charge in [-0.3, -0.25) is 9.58 Å². The molecular weight excluding hydrogens is 338 g/mol. The number of benzene rings is 1. The molecule has 23 heavy (non-hydrogen) atoms. The second kappa shape index (κ2) is 9.11.